The summed E-state index contributed by atoms with van der Waals surface area (Å²) in [6.45, 7) is 3.55. The monoisotopic (exact) mass is 285 g/mol. The van der Waals surface area contributed by atoms with E-state index in [2.05, 4.69) is 0 Å². The lowest BCUT2D eigenvalue weighted by Crippen LogP contribution is -2.39. The van der Waals surface area contributed by atoms with Crippen LogP contribution in [-0.2, 0) is 14.3 Å². The molecule has 5 nitrogen and oxygen atoms in total. The minimum Gasteiger partial charge on any atom is -0.481 e. The first kappa shape index (κ1) is 17.0. The zero-order valence-corrected chi connectivity index (χ0v) is 12.7. The van der Waals surface area contributed by atoms with Gasteiger partial charge in [-0.15, -0.1) is 0 Å². The number of amides is 1. The van der Waals surface area contributed by atoms with Crippen molar-refractivity contribution < 1.29 is 19.4 Å². The maximum atomic E-state index is 12.2. The van der Waals surface area contributed by atoms with Crippen LogP contribution in [0.1, 0.15) is 51.9 Å². The molecule has 1 rings (SSSR count). The number of aliphatic carboxylic acids is 1. The van der Waals surface area contributed by atoms with Gasteiger partial charge in [0.25, 0.3) is 0 Å². The van der Waals surface area contributed by atoms with Crippen molar-refractivity contribution in [3.05, 3.63) is 0 Å². The molecule has 0 spiro atoms. The highest BCUT2D eigenvalue weighted by Gasteiger charge is 2.41. The van der Waals surface area contributed by atoms with Crippen molar-refractivity contribution in [2.24, 2.45) is 5.41 Å². The number of likely N-dealkylation sites (N-methyl/N-ethyl adjacent to an activating group) is 1. The lowest BCUT2D eigenvalue weighted by molar-refractivity contribution is -0.154. The van der Waals surface area contributed by atoms with Gasteiger partial charge < -0.3 is 14.7 Å². The molecule has 0 radical (unpaired) electrons. The third-order valence-electron chi connectivity index (χ3n) is 4.20. The third kappa shape index (κ3) is 4.78. The fourth-order valence-electron chi connectivity index (χ4n) is 2.77. The van der Waals surface area contributed by atoms with E-state index in [-0.39, 0.29) is 12.3 Å². The van der Waals surface area contributed by atoms with Crippen molar-refractivity contribution in [1.82, 2.24) is 4.90 Å². The summed E-state index contributed by atoms with van der Waals surface area (Å²) in [4.78, 5) is 25.5. The van der Waals surface area contributed by atoms with Crippen LogP contribution in [0.15, 0.2) is 0 Å². The van der Waals surface area contributed by atoms with Crippen LogP contribution >= 0.6 is 0 Å². The van der Waals surface area contributed by atoms with Crippen molar-refractivity contribution in [1.29, 1.82) is 0 Å². The number of carboxylic acid groups (broad SMARTS) is 1. The zero-order valence-electron chi connectivity index (χ0n) is 12.7. The lowest BCUT2D eigenvalue weighted by Gasteiger charge is -2.29. The van der Waals surface area contributed by atoms with Crippen molar-refractivity contribution in [2.45, 2.75) is 51.9 Å². The van der Waals surface area contributed by atoms with Crippen LogP contribution in [0.5, 0.6) is 0 Å². The summed E-state index contributed by atoms with van der Waals surface area (Å²) < 4.78 is 5.23. The predicted molar refractivity (Wildman–Crippen MR) is 76.5 cm³/mol. The normalized spacial score (nSPS) is 18.3. The molecule has 1 saturated carbocycles. The van der Waals surface area contributed by atoms with Gasteiger partial charge in [0.05, 0.1) is 12.0 Å². The highest BCUT2D eigenvalue weighted by molar-refractivity contribution is 5.84. The van der Waals surface area contributed by atoms with E-state index in [1.165, 1.54) is 0 Å². The first-order valence-corrected chi connectivity index (χ1v) is 7.57. The topological polar surface area (TPSA) is 66.8 Å². The molecule has 1 fully saturated rings. The Morgan fingerprint density at radius 1 is 1.20 bits per heavy atom. The van der Waals surface area contributed by atoms with E-state index < -0.39 is 11.4 Å². The molecule has 0 aromatic rings. The van der Waals surface area contributed by atoms with E-state index in [1.54, 1.807) is 11.9 Å². The smallest absolute Gasteiger partial charge is 0.310 e. The van der Waals surface area contributed by atoms with Gasteiger partial charge >= 0.3 is 5.97 Å². The maximum Gasteiger partial charge on any atom is 0.310 e. The summed E-state index contributed by atoms with van der Waals surface area (Å²) in [7, 11) is 1.72. The number of hydrogen-bond acceptors (Lipinski definition) is 3. The summed E-state index contributed by atoms with van der Waals surface area (Å²) in [5.74, 6) is -0.903. The number of rotatable bonds is 7. The SMILES string of the molecule is CCOCCN(C)C(=O)CC1(C(=O)O)CCCCCC1. The molecule has 20 heavy (non-hydrogen) atoms. The van der Waals surface area contributed by atoms with Crippen LogP contribution in [-0.4, -0.2) is 48.7 Å². The highest BCUT2D eigenvalue weighted by atomic mass is 16.5. The van der Waals surface area contributed by atoms with E-state index in [4.69, 9.17) is 4.74 Å². The Morgan fingerprint density at radius 3 is 2.30 bits per heavy atom. The Bertz CT molecular complexity index is 322. The Morgan fingerprint density at radius 2 is 1.80 bits per heavy atom. The fourth-order valence-corrected chi connectivity index (χ4v) is 2.77. The minimum absolute atomic E-state index is 0.0889. The average Bonchev–Trinajstić information content (AvgIpc) is 2.65. The lowest BCUT2D eigenvalue weighted by atomic mass is 9.77. The van der Waals surface area contributed by atoms with E-state index >= 15 is 0 Å². The van der Waals surface area contributed by atoms with E-state index in [1.807, 2.05) is 6.92 Å². The summed E-state index contributed by atoms with van der Waals surface area (Å²) in [6.07, 6.45) is 5.31. The third-order valence-corrected chi connectivity index (χ3v) is 4.20. The van der Waals surface area contributed by atoms with Crippen LogP contribution < -0.4 is 0 Å². The molecule has 0 saturated heterocycles. The Balaban J connectivity index is 2.60. The van der Waals surface area contributed by atoms with E-state index in [9.17, 15) is 14.7 Å². The van der Waals surface area contributed by atoms with E-state index in [0.717, 1.165) is 25.7 Å². The predicted octanol–water partition coefficient (Wildman–Crippen LogP) is 2.30. The number of carbonyl (C=O) groups excluding carboxylic acids is 1. The molecule has 1 N–H and O–H groups in total. The van der Waals surface area contributed by atoms with E-state index in [0.29, 0.717) is 32.6 Å². The molecule has 0 aromatic heterocycles. The van der Waals surface area contributed by atoms with Gasteiger partial charge in [-0.2, -0.15) is 0 Å². The Kier molecular flexibility index (Phi) is 6.99. The Hall–Kier alpha value is -1.10. The van der Waals surface area contributed by atoms with Crippen LogP contribution in [0.25, 0.3) is 0 Å². The standard InChI is InChI=1S/C15H27NO4/c1-3-20-11-10-16(2)13(17)12-15(14(18)19)8-6-4-5-7-9-15/h3-12H2,1-2H3,(H,18,19). The second-order valence-electron chi connectivity index (χ2n) is 5.69. The van der Waals surface area contributed by atoms with Crippen molar-refractivity contribution in [2.75, 3.05) is 26.8 Å². The molecule has 0 aromatic carbocycles. The maximum absolute atomic E-state index is 12.2. The van der Waals surface area contributed by atoms with Crippen LogP contribution in [0.2, 0.25) is 0 Å². The quantitative estimate of drug-likeness (QED) is 0.575. The minimum atomic E-state index is -0.854. The molecule has 1 aliphatic carbocycles. The molecule has 0 unspecified atom stereocenters. The van der Waals surface area contributed by atoms with Gasteiger partial charge in [0.15, 0.2) is 0 Å². The van der Waals surface area contributed by atoms with Gasteiger partial charge in [-0.25, -0.2) is 0 Å². The largest absolute Gasteiger partial charge is 0.481 e. The van der Waals surface area contributed by atoms with Crippen molar-refractivity contribution in [3.63, 3.8) is 0 Å². The molecule has 116 valence electrons. The molecular formula is C15H27NO4. The number of hydrogen-bond donors (Lipinski definition) is 1. The van der Waals surface area contributed by atoms with Gasteiger partial charge in [0.1, 0.15) is 0 Å². The summed E-state index contributed by atoms with van der Waals surface area (Å²) in [5, 5.41) is 9.56. The van der Waals surface area contributed by atoms with Crippen LogP contribution in [0, 0.1) is 5.41 Å². The van der Waals surface area contributed by atoms with Crippen molar-refractivity contribution in [3.8, 4) is 0 Å². The van der Waals surface area contributed by atoms with Gasteiger partial charge in [0.2, 0.25) is 5.91 Å². The number of carbonyl (C=O) groups is 2. The zero-order chi connectivity index (χ0) is 15.0. The molecule has 0 bridgehead atoms. The van der Waals surface area contributed by atoms with Gasteiger partial charge in [-0.05, 0) is 19.8 Å². The highest BCUT2D eigenvalue weighted by Crippen LogP contribution is 2.38. The number of carboxylic acids is 1. The first-order chi connectivity index (χ1) is 9.52. The average molecular weight is 285 g/mol. The van der Waals surface area contributed by atoms with Gasteiger partial charge in [0, 0.05) is 26.6 Å². The molecule has 1 aliphatic rings. The first-order valence-electron chi connectivity index (χ1n) is 7.57. The fraction of sp³-hybridized carbons (Fsp3) is 0.867. The summed E-state index contributed by atoms with van der Waals surface area (Å²) in [5.41, 5.74) is -0.854. The molecule has 5 heteroatoms. The van der Waals surface area contributed by atoms with Gasteiger partial charge in [-0.1, -0.05) is 25.7 Å². The molecule has 0 atom stereocenters. The van der Waals surface area contributed by atoms with Crippen LogP contribution in [0.4, 0.5) is 0 Å². The number of ether oxygens (including phenoxy) is 1. The molecule has 0 aliphatic heterocycles. The number of nitrogens with zero attached hydrogens (tertiary/aromatic N) is 1. The van der Waals surface area contributed by atoms with Crippen molar-refractivity contribution >= 4 is 11.9 Å². The second kappa shape index (κ2) is 8.25. The van der Waals surface area contributed by atoms with Crippen LogP contribution in [0.3, 0.4) is 0 Å². The summed E-state index contributed by atoms with van der Waals surface area (Å²) in [6, 6.07) is 0. The second-order valence-corrected chi connectivity index (χ2v) is 5.69. The molecule has 1 amide bonds. The molecular weight excluding hydrogens is 258 g/mol. The molecule has 0 heterocycles. The van der Waals surface area contributed by atoms with Gasteiger partial charge in [-0.3, -0.25) is 9.59 Å². The summed E-state index contributed by atoms with van der Waals surface area (Å²) >= 11 is 0. The Labute approximate surface area is 121 Å².